The van der Waals surface area contributed by atoms with Crippen molar-refractivity contribution in [2.75, 3.05) is 19.8 Å². The average Bonchev–Trinajstić information content (AvgIpc) is 2.47. The lowest BCUT2D eigenvalue weighted by atomic mass is 9.96. The smallest absolute Gasteiger partial charge is 0.305 e. The molecule has 1 aromatic rings. The normalized spacial score (nSPS) is 19.7. The average molecular weight is 309 g/mol. The summed E-state index contributed by atoms with van der Waals surface area (Å²) in [5.74, 6) is -1.40. The third-order valence-corrected chi connectivity index (χ3v) is 3.88. The molecule has 0 aromatic heterocycles. The molecule has 0 bridgehead atoms. The fraction of sp³-hybridized carbons (Fsp3) is 0.500. The number of carboxylic acids is 1. The summed E-state index contributed by atoms with van der Waals surface area (Å²) in [5, 5.41) is 8.92. The number of rotatable bonds is 5. The van der Waals surface area contributed by atoms with Gasteiger partial charge in [-0.3, -0.25) is 9.59 Å². The van der Waals surface area contributed by atoms with Gasteiger partial charge in [0.2, 0.25) is 5.91 Å². The molecule has 1 aromatic carbocycles. The first-order valence-electron chi connectivity index (χ1n) is 7.32. The number of ether oxygens (including phenoxy) is 1. The quantitative estimate of drug-likeness (QED) is 0.903. The lowest BCUT2D eigenvalue weighted by Gasteiger charge is -2.35. The van der Waals surface area contributed by atoms with Gasteiger partial charge in [-0.2, -0.15) is 0 Å². The summed E-state index contributed by atoms with van der Waals surface area (Å²) in [6.45, 7) is 2.99. The van der Waals surface area contributed by atoms with E-state index in [0.717, 1.165) is 5.56 Å². The van der Waals surface area contributed by atoms with E-state index in [1.165, 1.54) is 12.1 Å². The predicted octanol–water partition coefficient (Wildman–Crippen LogP) is 2.02. The maximum absolute atomic E-state index is 12.9. The second kappa shape index (κ2) is 7.35. The second-order valence-electron chi connectivity index (χ2n) is 5.57. The molecule has 1 amide bonds. The Kier molecular flexibility index (Phi) is 5.49. The fourth-order valence-corrected chi connectivity index (χ4v) is 2.64. The molecule has 6 heteroatoms. The van der Waals surface area contributed by atoms with E-state index in [-0.39, 0.29) is 37.1 Å². The molecule has 0 aliphatic carbocycles. The molecule has 1 fully saturated rings. The number of carboxylic acid groups (broad SMARTS) is 1. The van der Waals surface area contributed by atoms with Crippen molar-refractivity contribution in [1.82, 2.24) is 4.90 Å². The van der Waals surface area contributed by atoms with Gasteiger partial charge in [0.25, 0.3) is 0 Å². The van der Waals surface area contributed by atoms with Crippen LogP contribution in [-0.4, -0.2) is 47.7 Å². The number of hydrogen-bond acceptors (Lipinski definition) is 3. The van der Waals surface area contributed by atoms with E-state index in [1.807, 2.05) is 6.92 Å². The lowest BCUT2D eigenvalue weighted by Crippen LogP contribution is -2.49. The Labute approximate surface area is 128 Å². The number of aliphatic carboxylic acids is 1. The summed E-state index contributed by atoms with van der Waals surface area (Å²) >= 11 is 0. The third kappa shape index (κ3) is 4.27. The summed E-state index contributed by atoms with van der Waals surface area (Å²) in [4.78, 5) is 24.9. The zero-order valence-corrected chi connectivity index (χ0v) is 12.5. The molecule has 1 heterocycles. The van der Waals surface area contributed by atoms with Crippen LogP contribution in [0.4, 0.5) is 4.39 Å². The van der Waals surface area contributed by atoms with Crippen molar-refractivity contribution in [3.05, 3.63) is 35.6 Å². The van der Waals surface area contributed by atoms with Crippen LogP contribution in [-0.2, 0) is 14.3 Å². The van der Waals surface area contributed by atoms with Gasteiger partial charge in [0, 0.05) is 13.0 Å². The second-order valence-corrected chi connectivity index (χ2v) is 5.57. The topological polar surface area (TPSA) is 66.8 Å². The Morgan fingerprint density at radius 2 is 2.09 bits per heavy atom. The lowest BCUT2D eigenvalue weighted by molar-refractivity contribution is -0.146. The Morgan fingerprint density at radius 1 is 1.41 bits per heavy atom. The highest BCUT2D eigenvalue weighted by Gasteiger charge is 2.29. The van der Waals surface area contributed by atoms with Crippen LogP contribution in [0.2, 0.25) is 0 Å². The maximum Gasteiger partial charge on any atom is 0.305 e. The number of morpholine rings is 1. The van der Waals surface area contributed by atoms with E-state index in [4.69, 9.17) is 9.84 Å². The highest BCUT2D eigenvalue weighted by Crippen LogP contribution is 2.22. The molecular weight excluding hydrogens is 289 g/mol. The first-order valence-corrected chi connectivity index (χ1v) is 7.32. The van der Waals surface area contributed by atoms with Crippen molar-refractivity contribution >= 4 is 11.9 Å². The first-order chi connectivity index (χ1) is 10.5. The molecule has 5 nitrogen and oxygen atoms in total. The standard InChI is InChI=1S/C16H20FNO4/c1-11(12-2-4-13(17)5-3-12)8-15(19)18-6-7-22-10-14(18)9-16(20)21/h2-5,11,14H,6-10H2,1H3,(H,20,21). The third-order valence-electron chi connectivity index (χ3n) is 3.88. The molecule has 0 radical (unpaired) electrons. The monoisotopic (exact) mass is 309 g/mol. The molecular formula is C16H20FNO4. The number of halogens is 1. The zero-order valence-electron chi connectivity index (χ0n) is 12.5. The van der Waals surface area contributed by atoms with E-state index in [1.54, 1.807) is 17.0 Å². The van der Waals surface area contributed by atoms with E-state index in [0.29, 0.717) is 13.2 Å². The Hall–Kier alpha value is -1.95. The van der Waals surface area contributed by atoms with Crippen LogP contribution in [0.15, 0.2) is 24.3 Å². The van der Waals surface area contributed by atoms with Gasteiger partial charge in [-0.05, 0) is 23.6 Å². The van der Waals surface area contributed by atoms with Crippen molar-refractivity contribution in [2.24, 2.45) is 0 Å². The van der Waals surface area contributed by atoms with Gasteiger partial charge in [0.1, 0.15) is 5.82 Å². The van der Waals surface area contributed by atoms with Crippen molar-refractivity contribution in [1.29, 1.82) is 0 Å². The maximum atomic E-state index is 12.9. The molecule has 1 saturated heterocycles. The highest BCUT2D eigenvalue weighted by molar-refractivity contribution is 5.78. The minimum absolute atomic E-state index is 0.0542. The zero-order chi connectivity index (χ0) is 16.1. The molecule has 1 N–H and O–H groups in total. The molecule has 120 valence electrons. The molecule has 22 heavy (non-hydrogen) atoms. The van der Waals surface area contributed by atoms with Crippen molar-refractivity contribution < 1.29 is 23.8 Å². The van der Waals surface area contributed by atoms with Crippen LogP contribution < -0.4 is 0 Å². The molecule has 1 aliphatic rings. The Balaban J connectivity index is 1.99. The van der Waals surface area contributed by atoms with Crippen molar-refractivity contribution in [3.63, 3.8) is 0 Å². The fourth-order valence-electron chi connectivity index (χ4n) is 2.64. The van der Waals surface area contributed by atoms with Crippen LogP contribution in [0.1, 0.15) is 31.2 Å². The van der Waals surface area contributed by atoms with Crippen LogP contribution in [0.5, 0.6) is 0 Å². The summed E-state index contributed by atoms with van der Waals surface area (Å²) in [7, 11) is 0. The molecule has 2 unspecified atom stereocenters. The molecule has 0 spiro atoms. The highest BCUT2D eigenvalue weighted by atomic mass is 19.1. The number of nitrogens with zero attached hydrogens (tertiary/aromatic N) is 1. The van der Waals surface area contributed by atoms with Crippen LogP contribution >= 0.6 is 0 Å². The van der Waals surface area contributed by atoms with Crippen molar-refractivity contribution in [3.8, 4) is 0 Å². The van der Waals surface area contributed by atoms with E-state index in [9.17, 15) is 14.0 Å². The van der Waals surface area contributed by atoms with Gasteiger partial charge < -0.3 is 14.7 Å². The Bertz CT molecular complexity index is 531. The van der Waals surface area contributed by atoms with E-state index < -0.39 is 12.0 Å². The number of carbonyl (C=O) groups is 2. The van der Waals surface area contributed by atoms with Gasteiger partial charge in [-0.25, -0.2) is 4.39 Å². The van der Waals surface area contributed by atoms with Crippen molar-refractivity contribution in [2.45, 2.75) is 31.7 Å². The van der Waals surface area contributed by atoms with Gasteiger partial charge in [0.15, 0.2) is 0 Å². The van der Waals surface area contributed by atoms with Crippen LogP contribution in [0, 0.1) is 5.82 Å². The largest absolute Gasteiger partial charge is 0.481 e. The number of carbonyl (C=O) groups excluding carboxylic acids is 1. The molecule has 2 atom stereocenters. The molecule has 1 aliphatic heterocycles. The van der Waals surface area contributed by atoms with E-state index >= 15 is 0 Å². The minimum Gasteiger partial charge on any atom is -0.481 e. The summed E-state index contributed by atoms with van der Waals surface area (Å²) in [6.07, 6.45) is 0.151. The SMILES string of the molecule is CC(CC(=O)N1CCOCC1CC(=O)O)c1ccc(F)cc1. The predicted molar refractivity (Wildman–Crippen MR) is 78.0 cm³/mol. The summed E-state index contributed by atoms with van der Waals surface area (Å²) in [5.41, 5.74) is 0.887. The van der Waals surface area contributed by atoms with Crippen LogP contribution in [0.3, 0.4) is 0 Å². The van der Waals surface area contributed by atoms with Crippen LogP contribution in [0.25, 0.3) is 0 Å². The molecule has 0 saturated carbocycles. The summed E-state index contributed by atoms with van der Waals surface area (Å²) < 4.78 is 18.2. The summed E-state index contributed by atoms with van der Waals surface area (Å²) in [6, 6.07) is 5.67. The number of benzene rings is 1. The van der Waals surface area contributed by atoms with Gasteiger partial charge in [-0.15, -0.1) is 0 Å². The van der Waals surface area contributed by atoms with E-state index in [2.05, 4.69) is 0 Å². The van der Waals surface area contributed by atoms with Gasteiger partial charge in [-0.1, -0.05) is 19.1 Å². The molecule has 2 rings (SSSR count). The first kappa shape index (κ1) is 16.4. The van der Waals surface area contributed by atoms with Gasteiger partial charge in [0.05, 0.1) is 25.7 Å². The number of hydrogen-bond donors (Lipinski definition) is 1. The number of amides is 1. The Morgan fingerprint density at radius 3 is 2.73 bits per heavy atom. The van der Waals surface area contributed by atoms with Gasteiger partial charge >= 0.3 is 5.97 Å². The minimum atomic E-state index is -0.945.